The van der Waals surface area contributed by atoms with Gasteiger partial charge in [-0.1, -0.05) is 12.1 Å². The van der Waals surface area contributed by atoms with Crippen molar-refractivity contribution in [3.05, 3.63) is 59.5 Å². The van der Waals surface area contributed by atoms with Gasteiger partial charge in [0.1, 0.15) is 17.9 Å². The Kier molecular flexibility index (Phi) is 5.58. The van der Waals surface area contributed by atoms with Gasteiger partial charge in [-0.3, -0.25) is 9.59 Å². The van der Waals surface area contributed by atoms with E-state index in [4.69, 9.17) is 5.26 Å². The molecule has 0 bridgehead atoms. The summed E-state index contributed by atoms with van der Waals surface area (Å²) in [5, 5.41) is 11.9. The number of H-pyrrole nitrogens is 1. The molecule has 0 atom stereocenters. The van der Waals surface area contributed by atoms with E-state index in [0.29, 0.717) is 48.5 Å². The lowest BCUT2D eigenvalue weighted by Crippen LogP contribution is -2.48. The molecule has 0 unspecified atom stereocenters. The van der Waals surface area contributed by atoms with Crippen LogP contribution in [0.3, 0.4) is 0 Å². The number of nitrogens with zero attached hydrogens (tertiary/aromatic N) is 3. The van der Waals surface area contributed by atoms with Gasteiger partial charge in [0.15, 0.2) is 0 Å². The lowest BCUT2D eigenvalue weighted by Gasteiger charge is -2.36. The largest absolute Gasteiger partial charge is 0.368 e. The van der Waals surface area contributed by atoms with Crippen molar-refractivity contribution in [3.8, 4) is 6.07 Å². The summed E-state index contributed by atoms with van der Waals surface area (Å²) < 4.78 is 14.1. The highest BCUT2D eigenvalue weighted by atomic mass is 19.1. The summed E-state index contributed by atoms with van der Waals surface area (Å²) in [6.07, 6.45) is -0.0985. The molecule has 158 valence electrons. The number of aromatic amines is 1. The molecule has 4 rings (SSSR count). The van der Waals surface area contributed by atoms with Crippen molar-refractivity contribution < 1.29 is 14.0 Å². The molecule has 31 heavy (non-hydrogen) atoms. The van der Waals surface area contributed by atoms with E-state index in [1.54, 1.807) is 17.0 Å². The Morgan fingerprint density at radius 1 is 1.16 bits per heavy atom. The summed E-state index contributed by atoms with van der Waals surface area (Å²) in [5.74, 6) is -0.863. The van der Waals surface area contributed by atoms with Crippen molar-refractivity contribution in [1.29, 1.82) is 5.26 Å². The number of carbonyl (C=O) groups is 2. The second-order valence-electron chi connectivity index (χ2n) is 7.54. The fourth-order valence-electron chi connectivity index (χ4n) is 3.82. The molecule has 2 heterocycles. The van der Waals surface area contributed by atoms with Crippen LogP contribution in [0.15, 0.2) is 42.5 Å². The monoisotopic (exact) mass is 419 g/mol. The first kappa shape index (κ1) is 20.4. The van der Waals surface area contributed by atoms with Crippen LogP contribution in [0.25, 0.3) is 10.9 Å². The van der Waals surface area contributed by atoms with Gasteiger partial charge in [-0.2, -0.15) is 5.26 Å². The Morgan fingerprint density at radius 3 is 2.65 bits per heavy atom. The number of rotatable bonds is 4. The first-order valence-electron chi connectivity index (χ1n) is 10.0. The van der Waals surface area contributed by atoms with Crippen molar-refractivity contribution in [2.45, 2.75) is 13.3 Å². The molecule has 2 aromatic carbocycles. The number of benzene rings is 2. The van der Waals surface area contributed by atoms with E-state index in [1.165, 1.54) is 12.1 Å². The quantitative estimate of drug-likeness (QED) is 0.678. The van der Waals surface area contributed by atoms with Gasteiger partial charge in [-0.25, -0.2) is 4.39 Å². The predicted molar refractivity (Wildman–Crippen MR) is 116 cm³/mol. The minimum atomic E-state index is -0.370. The van der Waals surface area contributed by atoms with Crippen LogP contribution in [-0.4, -0.2) is 47.9 Å². The van der Waals surface area contributed by atoms with Gasteiger partial charge < -0.3 is 20.1 Å². The SMILES string of the molecule is Cc1ccc(F)c2cc(C(=O)Nc3cccc(N4CCN(C(=O)CC#N)CC4)c3)[nH]c12. The van der Waals surface area contributed by atoms with Gasteiger partial charge in [-0.05, 0) is 42.8 Å². The van der Waals surface area contributed by atoms with Gasteiger partial charge >= 0.3 is 0 Å². The van der Waals surface area contributed by atoms with Crippen molar-refractivity contribution in [2.24, 2.45) is 0 Å². The van der Waals surface area contributed by atoms with E-state index in [2.05, 4.69) is 15.2 Å². The number of aryl methyl sites for hydroxylation is 1. The van der Waals surface area contributed by atoms with Crippen molar-refractivity contribution in [3.63, 3.8) is 0 Å². The Labute approximate surface area is 179 Å². The molecule has 1 saturated heterocycles. The molecular formula is C23H22FN5O2. The van der Waals surface area contributed by atoms with Crippen LogP contribution < -0.4 is 10.2 Å². The Morgan fingerprint density at radius 2 is 1.94 bits per heavy atom. The zero-order chi connectivity index (χ0) is 22.0. The minimum absolute atomic E-state index is 0.0985. The number of hydrogen-bond acceptors (Lipinski definition) is 4. The lowest BCUT2D eigenvalue weighted by atomic mass is 10.1. The molecule has 8 heteroatoms. The van der Waals surface area contributed by atoms with E-state index in [1.807, 2.05) is 31.2 Å². The van der Waals surface area contributed by atoms with Gasteiger partial charge in [0.2, 0.25) is 5.91 Å². The van der Waals surface area contributed by atoms with Crippen molar-refractivity contribution >= 4 is 34.1 Å². The molecule has 0 radical (unpaired) electrons. The summed E-state index contributed by atoms with van der Waals surface area (Å²) in [4.78, 5) is 31.4. The standard InChI is InChI=1S/C23H22FN5O2/c1-15-5-6-19(24)18-14-20(27-22(15)18)23(31)26-16-3-2-4-17(13-16)28-9-11-29(12-10-28)21(30)7-8-25/h2-6,13-14,27H,7,9-12H2,1H3,(H,26,31). The number of anilines is 2. The third-order valence-electron chi connectivity index (χ3n) is 5.53. The highest BCUT2D eigenvalue weighted by molar-refractivity contribution is 6.06. The normalized spacial score (nSPS) is 13.8. The minimum Gasteiger partial charge on any atom is -0.368 e. The first-order chi connectivity index (χ1) is 15.0. The number of amides is 2. The number of nitrogens with one attached hydrogen (secondary N) is 2. The Balaban J connectivity index is 1.45. The highest BCUT2D eigenvalue weighted by Crippen LogP contribution is 2.24. The average Bonchev–Trinajstić information content (AvgIpc) is 3.24. The molecule has 2 amide bonds. The number of carbonyl (C=O) groups excluding carboxylic acids is 2. The van der Waals surface area contributed by atoms with Crippen LogP contribution in [0.2, 0.25) is 0 Å². The molecule has 1 aliphatic rings. The summed E-state index contributed by atoms with van der Waals surface area (Å²) in [6, 6.07) is 14.0. The fourth-order valence-corrected chi connectivity index (χ4v) is 3.82. The number of hydrogen-bond donors (Lipinski definition) is 2. The molecule has 0 aliphatic carbocycles. The molecular weight excluding hydrogens is 397 g/mol. The zero-order valence-electron chi connectivity index (χ0n) is 17.1. The lowest BCUT2D eigenvalue weighted by molar-refractivity contribution is -0.130. The number of halogens is 1. The highest BCUT2D eigenvalue weighted by Gasteiger charge is 2.21. The molecule has 0 spiro atoms. The number of fused-ring (bicyclic) bond motifs is 1. The summed E-state index contributed by atoms with van der Waals surface area (Å²) >= 11 is 0. The van der Waals surface area contributed by atoms with Crippen LogP contribution in [0, 0.1) is 24.1 Å². The Bertz CT molecular complexity index is 1150. The zero-order valence-corrected chi connectivity index (χ0v) is 17.1. The second-order valence-corrected chi connectivity index (χ2v) is 7.54. The summed E-state index contributed by atoms with van der Waals surface area (Å²) in [7, 11) is 0. The van der Waals surface area contributed by atoms with Crippen LogP contribution in [0.5, 0.6) is 0 Å². The molecule has 1 fully saturated rings. The van der Waals surface area contributed by atoms with E-state index in [0.717, 1.165) is 11.3 Å². The molecule has 7 nitrogen and oxygen atoms in total. The van der Waals surface area contributed by atoms with Crippen LogP contribution in [-0.2, 0) is 4.79 Å². The molecule has 2 N–H and O–H groups in total. The maximum Gasteiger partial charge on any atom is 0.272 e. The fraction of sp³-hybridized carbons (Fsp3) is 0.261. The van der Waals surface area contributed by atoms with E-state index < -0.39 is 0 Å². The molecule has 3 aromatic rings. The molecule has 1 aliphatic heterocycles. The average molecular weight is 419 g/mol. The number of nitriles is 1. The maximum atomic E-state index is 14.1. The first-order valence-corrected chi connectivity index (χ1v) is 10.0. The van der Waals surface area contributed by atoms with E-state index >= 15 is 0 Å². The maximum absolute atomic E-state index is 14.1. The van der Waals surface area contributed by atoms with Gasteiger partial charge in [0, 0.05) is 42.9 Å². The molecule has 1 aromatic heterocycles. The predicted octanol–water partition coefficient (Wildman–Crippen LogP) is 3.43. The molecule has 0 saturated carbocycles. The Hall–Kier alpha value is -3.86. The van der Waals surface area contributed by atoms with Gasteiger partial charge in [0.25, 0.3) is 5.91 Å². The van der Waals surface area contributed by atoms with E-state index in [9.17, 15) is 14.0 Å². The van der Waals surface area contributed by atoms with Crippen LogP contribution >= 0.6 is 0 Å². The van der Waals surface area contributed by atoms with E-state index in [-0.39, 0.29) is 24.1 Å². The second kappa shape index (κ2) is 8.48. The van der Waals surface area contributed by atoms with Gasteiger partial charge in [0.05, 0.1) is 11.6 Å². The third-order valence-corrected chi connectivity index (χ3v) is 5.53. The third kappa shape index (κ3) is 4.21. The summed E-state index contributed by atoms with van der Waals surface area (Å²) in [5.41, 5.74) is 3.33. The smallest absolute Gasteiger partial charge is 0.272 e. The van der Waals surface area contributed by atoms with Gasteiger partial charge in [-0.15, -0.1) is 0 Å². The van der Waals surface area contributed by atoms with Crippen LogP contribution in [0.1, 0.15) is 22.5 Å². The van der Waals surface area contributed by atoms with Crippen molar-refractivity contribution in [2.75, 3.05) is 36.4 Å². The topological polar surface area (TPSA) is 92.2 Å². The number of piperazine rings is 1. The number of aromatic nitrogens is 1. The van der Waals surface area contributed by atoms with Crippen molar-refractivity contribution in [1.82, 2.24) is 9.88 Å². The summed E-state index contributed by atoms with van der Waals surface area (Å²) in [6.45, 7) is 4.26. The van der Waals surface area contributed by atoms with Crippen LogP contribution in [0.4, 0.5) is 15.8 Å².